The number of nitrogens with one attached hydrogen (secondary N) is 2. The molecule has 2 aliphatic heterocycles. The Morgan fingerprint density at radius 2 is 2.37 bits per heavy atom. The largest absolute Gasteiger partial charge is 0.373 e. The Kier molecular flexibility index (Phi) is 7.95. The Morgan fingerprint density at radius 3 is 2.95 bits per heavy atom. The summed E-state index contributed by atoms with van der Waals surface area (Å²) in [6.07, 6.45) is 9.55. The number of ether oxygens (including phenoxy) is 1. The Labute approximate surface area is 136 Å². The number of thioether (sulfide) groups is 1. The van der Waals surface area contributed by atoms with Gasteiger partial charge in [-0.25, -0.2) is 0 Å². The fourth-order valence-corrected chi connectivity index (χ4v) is 3.04. The van der Waals surface area contributed by atoms with Crippen LogP contribution in [-0.2, 0) is 4.74 Å². The summed E-state index contributed by atoms with van der Waals surface area (Å²) in [6.45, 7) is 0.883. The molecule has 6 heteroatoms. The summed E-state index contributed by atoms with van der Waals surface area (Å²) in [5, 5.41) is 6.76. The van der Waals surface area contributed by atoms with Crippen molar-refractivity contribution >= 4 is 41.7 Å². The molecule has 0 aromatic heterocycles. The Bertz CT molecular complexity index is 345. The van der Waals surface area contributed by atoms with Crippen molar-refractivity contribution in [3.8, 4) is 12.3 Å². The van der Waals surface area contributed by atoms with Crippen LogP contribution >= 0.6 is 35.7 Å². The molecule has 0 spiro atoms. The molecule has 3 atom stereocenters. The zero-order valence-electron chi connectivity index (χ0n) is 11.2. The summed E-state index contributed by atoms with van der Waals surface area (Å²) in [5.41, 5.74) is 0. The third kappa shape index (κ3) is 5.04. The first-order valence-corrected chi connectivity index (χ1v) is 7.63. The zero-order chi connectivity index (χ0) is 12.8. The average Bonchev–Trinajstić information content (AvgIpc) is 2.99. The van der Waals surface area contributed by atoms with E-state index in [1.165, 1.54) is 12.8 Å². The van der Waals surface area contributed by atoms with E-state index in [0.717, 1.165) is 30.4 Å². The van der Waals surface area contributed by atoms with Crippen molar-refractivity contribution in [1.29, 1.82) is 0 Å². The van der Waals surface area contributed by atoms with Crippen LogP contribution in [0.25, 0.3) is 0 Å². The number of hydrogen-bond acceptors (Lipinski definition) is 3. The Morgan fingerprint density at radius 1 is 1.53 bits per heavy atom. The molecular formula is C13H22IN3OS. The summed E-state index contributed by atoms with van der Waals surface area (Å²) in [7, 11) is 1.80. The van der Waals surface area contributed by atoms with Gasteiger partial charge in [0.15, 0.2) is 5.96 Å². The van der Waals surface area contributed by atoms with Crippen molar-refractivity contribution in [2.45, 2.75) is 37.5 Å². The summed E-state index contributed by atoms with van der Waals surface area (Å²) in [4.78, 5) is 4.24. The summed E-state index contributed by atoms with van der Waals surface area (Å²) in [6, 6.07) is 0.424. The van der Waals surface area contributed by atoms with Gasteiger partial charge in [-0.05, 0) is 19.3 Å². The van der Waals surface area contributed by atoms with E-state index >= 15 is 0 Å². The molecular weight excluding hydrogens is 373 g/mol. The highest BCUT2D eigenvalue weighted by Crippen LogP contribution is 2.34. The maximum atomic E-state index is 5.82. The van der Waals surface area contributed by atoms with Gasteiger partial charge >= 0.3 is 0 Å². The van der Waals surface area contributed by atoms with Gasteiger partial charge in [0.1, 0.15) is 0 Å². The van der Waals surface area contributed by atoms with Gasteiger partial charge in [-0.15, -0.1) is 42.2 Å². The lowest BCUT2D eigenvalue weighted by molar-refractivity contribution is 0.0992. The molecule has 2 aliphatic rings. The minimum atomic E-state index is 0. The molecule has 2 rings (SSSR count). The number of nitrogens with zero attached hydrogens (tertiary/aromatic N) is 1. The highest BCUT2D eigenvalue weighted by Gasteiger charge is 2.40. The van der Waals surface area contributed by atoms with E-state index in [2.05, 4.69) is 21.5 Å². The van der Waals surface area contributed by atoms with Crippen molar-refractivity contribution < 1.29 is 4.74 Å². The lowest BCUT2D eigenvalue weighted by Crippen LogP contribution is -2.47. The van der Waals surface area contributed by atoms with Crippen LogP contribution < -0.4 is 10.6 Å². The van der Waals surface area contributed by atoms with Crippen molar-refractivity contribution in [2.24, 2.45) is 4.99 Å². The molecule has 4 nitrogen and oxygen atoms in total. The maximum absolute atomic E-state index is 5.82. The third-order valence-electron chi connectivity index (χ3n) is 3.38. The summed E-state index contributed by atoms with van der Waals surface area (Å²) < 4.78 is 5.82. The van der Waals surface area contributed by atoms with Gasteiger partial charge in [-0.3, -0.25) is 4.99 Å². The zero-order valence-corrected chi connectivity index (χ0v) is 14.4. The summed E-state index contributed by atoms with van der Waals surface area (Å²) >= 11 is 1.75. The van der Waals surface area contributed by atoms with Crippen molar-refractivity contribution in [2.75, 3.05) is 25.1 Å². The van der Waals surface area contributed by atoms with Crippen LogP contribution in [0.15, 0.2) is 4.99 Å². The topological polar surface area (TPSA) is 45.7 Å². The molecule has 2 bridgehead atoms. The van der Waals surface area contributed by atoms with Crippen LogP contribution in [0.3, 0.4) is 0 Å². The van der Waals surface area contributed by atoms with Gasteiger partial charge in [-0.2, -0.15) is 0 Å². The monoisotopic (exact) mass is 395 g/mol. The number of hydrogen-bond donors (Lipinski definition) is 2. The van der Waals surface area contributed by atoms with Gasteiger partial charge in [0.2, 0.25) is 0 Å². The maximum Gasteiger partial charge on any atom is 0.191 e. The fourth-order valence-electron chi connectivity index (χ4n) is 2.53. The molecule has 0 aromatic rings. The lowest BCUT2D eigenvalue weighted by Gasteiger charge is -2.22. The van der Waals surface area contributed by atoms with Gasteiger partial charge in [0.05, 0.1) is 24.0 Å². The van der Waals surface area contributed by atoms with Gasteiger partial charge in [0, 0.05) is 19.3 Å². The first kappa shape index (κ1) is 16.9. The number of halogens is 1. The normalized spacial score (nSPS) is 28.6. The van der Waals surface area contributed by atoms with E-state index in [9.17, 15) is 0 Å². The Hall–Kier alpha value is -0.130. The summed E-state index contributed by atoms with van der Waals surface area (Å²) in [5.74, 6) is 5.26. The average molecular weight is 395 g/mol. The van der Waals surface area contributed by atoms with E-state index in [1.807, 2.05) is 0 Å². The van der Waals surface area contributed by atoms with Crippen LogP contribution in [0.2, 0.25) is 0 Å². The van der Waals surface area contributed by atoms with Gasteiger partial charge in [-0.1, -0.05) is 5.92 Å². The quantitative estimate of drug-likeness (QED) is 0.243. The molecule has 0 saturated carbocycles. The molecule has 2 fully saturated rings. The number of terminal acetylenes is 1. The molecule has 0 radical (unpaired) electrons. The van der Waals surface area contributed by atoms with E-state index in [4.69, 9.17) is 11.2 Å². The second-order valence-corrected chi connectivity index (χ2v) is 5.72. The second-order valence-electron chi connectivity index (χ2n) is 4.62. The first-order valence-electron chi connectivity index (χ1n) is 6.47. The molecule has 0 aliphatic carbocycles. The van der Waals surface area contributed by atoms with E-state index in [-0.39, 0.29) is 24.0 Å². The third-order valence-corrected chi connectivity index (χ3v) is 4.24. The molecule has 108 valence electrons. The number of fused-ring (bicyclic) bond motifs is 2. The molecule has 2 heterocycles. The van der Waals surface area contributed by atoms with Gasteiger partial charge < -0.3 is 15.4 Å². The smallest absolute Gasteiger partial charge is 0.191 e. The van der Waals surface area contributed by atoms with Crippen LogP contribution in [0.5, 0.6) is 0 Å². The van der Waals surface area contributed by atoms with Crippen LogP contribution in [0, 0.1) is 12.3 Å². The molecule has 2 N–H and O–H groups in total. The predicted octanol–water partition coefficient (Wildman–Crippen LogP) is 1.46. The molecule has 3 unspecified atom stereocenters. The molecule has 0 amide bonds. The Balaban J connectivity index is 0.00000180. The lowest BCUT2D eigenvalue weighted by atomic mass is 9.96. The number of guanidine groups is 1. The first-order chi connectivity index (χ1) is 8.83. The van der Waals surface area contributed by atoms with E-state index in [0.29, 0.717) is 18.2 Å². The van der Waals surface area contributed by atoms with Crippen LogP contribution in [0.1, 0.15) is 19.3 Å². The van der Waals surface area contributed by atoms with Crippen molar-refractivity contribution in [1.82, 2.24) is 10.6 Å². The molecule has 19 heavy (non-hydrogen) atoms. The fraction of sp³-hybridized carbons (Fsp3) is 0.769. The number of rotatable bonds is 5. The minimum Gasteiger partial charge on any atom is -0.373 e. The van der Waals surface area contributed by atoms with E-state index in [1.54, 1.807) is 18.8 Å². The minimum absolute atomic E-state index is 0. The van der Waals surface area contributed by atoms with Crippen molar-refractivity contribution in [3.63, 3.8) is 0 Å². The molecule has 0 aromatic carbocycles. The standard InChI is InChI=1S/C13H21N3OS.HI/c1-3-7-18-8-6-15-13(14-2)16-11-9-10-4-5-12(11)17-10;/h1,10-12H,4-9H2,2H3,(H2,14,15,16);1H. The highest BCUT2D eigenvalue weighted by molar-refractivity contribution is 14.0. The van der Waals surface area contributed by atoms with Gasteiger partial charge in [0.25, 0.3) is 0 Å². The SMILES string of the molecule is C#CCSCCNC(=NC)NC1CC2CCC1O2.I. The van der Waals surface area contributed by atoms with Crippen molar-refractivity contribution in [3.05, 3.63) is 0 Å². The molecule has 2 saturated heterocycles. The highest BCUT2D eigenvalue weighted by atomic mass is 127. The van der Waals surface area contributed by atoms with E-state index < -0.39 is 0 Å². The second kappa shape index (κ2) is 8.93. The van der Waals surface area contributed by atoms with Crippen LogP contribution in [-0.4, -0.2) is 49.3 Å². The number of aliphatic imine (C=N–C) groups is 1. The predicted molar refractivity (Wildman–Crippen MR) is 92.4 cm³/mol. The van der Waals surface area contributed by atoms with Crippen LogP contribution in [0.4, 0.5) is 0 Å².